The first-order valence-corrected chi connectivity index (χ1v) is 10.2. The van der Waals surface area contributed by atoms with Crippen molar-refractivity contribution >= 4 is 15.8 Å². The van der Waals surface area contributed by atoms with Crippen LogP contribution in [0.4, 0.5) is 0 Å². The number of aliphatic carboxylic acids is 1. The van der Waals surface area contributed by atoms with Gasteiger partial charge in [0, 0.05) is 6.42 Å². The molecule has 0 heterocycles. The fourth-order valence-electron chi connectivity index (χ4n) is 2.49. The molecule has 0 aliphatic rings. The summed E-state index contributed by atoms with van der Waals surface area (Å²) in [4.78, 5) is 11.1. The van der Waals surface area contributed by atoms with Crippen LogP contribution in [0.5, 0.6) is 11.5 Å². The van der Waals surface area contributed by atoms with Crippen molar-refractivity contribution < 1.29 is 27.8 Å². The van der Waals surface area contributed by atoms with Crippen LogP contribution in [-0.2, 0) is 21.1 Å². The van der Waals surface area contributed by atoms with E-state index in [1.54, 1.807) is 18.2 Å². The van der Waals surface area contributed by atoms with Gasteiger partial charge in [0.1, 0.15) is 11.5 Å². The smallest absolute Gasteiger partial charge is 0.303 e. The van der Waals surface area contributed by atoms with Gasteiger partial charge >= 0.3 is 5.97 Å². The monoisotopic (exact) mass is 392 g/mol. The molecule has 0 saturated heterocycles. The fraction of sp³-hybridized carbons (Fsp3) is 0.350. The molecule has 2 aromatic rings. The van der Waals surface area contributed by atoms with Crippen molar-refractivity contribution in [3.05, 3.63) is 48.0 Å². The molecule has 0 amide bonds. The Hall–Kier alpha value is -2.54. The van der Waals surface area contributed by atoms with Crippen molar-refractivity contribution in [3.63, 3.8) is 0 Å². The lowest BCUT2D eigenvalue weighted by Gasteiger charge is -2.12. The van der Waals surface area contributed by atoms with Crippen LogP contribution in [0.25, 0.3) is 0 Å². The first-order valence-electron chi connectivity index (χ1n) is 8.74. The molecule has 7 heteroatoms. The summed E-state index contributed by atoms with van der Waals surface area (Å²) in [7, 11) is -2.25. The summed E-state index contributed by atoms with van der Waals surface area (Å²) in [6, 6.07) is 10.8. The number of unbranched alkanes of at least 4 members (excludes halogenated alkanes) is 1. The zero-order chi connectivity index (χ0) is 19.9. The minimum Gasteiger partial charge on any atom is -0.497 e. The molecule has 0 unspecified atom stereocenters. The maximum Gasteiger partial charge on any atom is 0.303 e. The lowest BCUT2D eigenvalue weighted by molar-refractivity contribution is -0.136. The number of benzene rings is 2. The van der Waals surface area contributed by atoms with Crippen LogP contribution >= 0.6 is 0 Å². The van der Waals surface area contributed by atoms with Gasteiger partial charge in [0.15, 0.2) is 0 Å². The predicted molar refractivity (Wildman–Crippen MR) is 101 cm³/mol. The number of hydrogen-bond donors (Lipinski definition) is 1. The molecule has 6 nitrogen and oxygen atoms in total. The quantitative estimate of drug-likeness (QED) is 0.620. The van der Waals surface area contributed by atoms with Crippen LogP contribution in [0.2, 0.25) is 0 Å². The summed E-state index contributed by atoms with van der Waals surface area (Å²) in [5, 5.41) is 8.91. The van der Waals surface area contributed by atoms with E-state index in [0.29, 0.717) is 23.7 Å². The molecule has 0 fully saturated rings. The molecule has 2 rings (SSSR count). The van der Waals surface area contributed by atoms with Crippen LogP contribution in [0.15, 0.2) is 52.3 Å². The number of sulfone groups is 1. The summed E-state index contributed by atoms with van der Waals surface area (Å²) < 4.78 is 36.7. The molecule has 0 atom stereocenters. The molecule has 2 aromatic carbocycles. The highest BCUT2D eigenvalue weighted by atomic mass is 32.2. The molecule has 1 N–H and O–H groups in total. The highest BCUT2D eigenvalue weighted by Gasteiger charge is 2.20. The molecule has 0 radical (unpaired) electrons. The standard InChI is InChI=1S/C20H24O6S/c1-3-4-11-26-17-12-15(5-10-20(21)22)13-19(14-17)27(23,24)18-8-6-16(25-2)7-9-18/h6-9,12-14H,3-5,10-11H2,1-2H3,(H,21,22). The Morgan fingerprint density at radius 2 is 1.74 bits per heavy atom. The van der Waals surface area contributed by atoms with Gasteiger partial charge in [-0.15, -0.1) is 0 Å². The molecule has 0 aromatic heterocycles. The van der Waals surface area contributed by atoms with E-state index in [1.165, 1.54) is 31.4 Å². The third-order valence-corrected chi connectivity index (χ3v) is 5.76. The van der Waals surface area contributed by atoms with E-state index in [-0.39, 0.29) is 22.6 Å². The number of ether oxygens (including phenoxy) is 2. The number of carbonyl (C=O) groups is 1. The average molecular weight is 392 g/mol. The van der Waals surface area contributed by atoms with Crippen molar-refractivity contribution in [2.24, 2.45) is 0 Å². The Morgan fingerprint density at radius 1 is 1.04 bits per heavy atom. The maximum atomic E-state index is 13.0. The predicted octanol–water partition coefficient (Wildman–Crippen LogP) is 3.72. The van der Waals surface area contributed by atoms with Crippen LogP contribution < -0.4 is 9.47 Å². The summed E-state index contributed by atoms with van der Waals surface area (Å²) in [5.74, 6) is 0.0537. The SMILES string of the molecule is CCCCOc1cc(CCC(=O)O)cc(S(=O)(=O)c2ccc(OC)cc2)c1. The number of carboxylic acids is 1. The maximum absolute atomic E-state index is 13.0. The largest absolute Gasteiger partial charge is 0.497 e. The number of rotatable bonds is 10. The second-order valence-electron chi connectivity index (χ2n) is 6.09. The summed E-state index contributed by atoms with van der Waals surface area (Å²) in [6.45, 7) is 2.51. The Kier molecular flexibility index (Phi) is 7.24. The minimum absolute atomic E-state index is 0.0829. The highest BCUT2D eigenvalue weighted by Crippen LogP contribution is 2.28. The fourth-order valence-corrected chi connectivity index (χ4v) is 3.83. The Labute approximate surface area is 159 Å². The zero-order valence-electron chi connectivity index (χ0n) is 15.5. The minimum atomic E-state index is -3.76. The van der Waals surface area contributed by atoms with Gasteiger partial charge < -0.3 is 14.6 Å². The van der Waals surface area contributed by atoms with Crippen LogP contribution in [0.3, 0.4) is 0 Å². The second-order valence-corrected chi connectivity index (χ2v) is 8.04. The molecule has 0 bridgehead atoms. The van der Waals surface area contributed by atoms with Crippen molar-refractivity contribution in [1.82, 2.24) is 0 Å². The van der Waals surface area contributed by atoms with Gasteiger partial charge in [-0.1, -0.05) is 13.3 Å². The number of hydrogen-bond acceptors (Lipinski definition) is 5. The van der Waals surface area contributed by atoms with E-state index < -0.39 is 15.8 Å². The molecule has 27 heavy (non-hydrogen) atoms. The first-order chi connectivity index (χ1) is 12.9. The van der Waals surface area contributed by atoms with Crippen molar-refractivity contribution in [1.29, 1.82) is 0 Å². The summed E-state index contributed by atoms with van der Waals surface area (Å²) >= 11 is 0. The molecule has 0 spiro atoms. The van der Waals surface area contributed by atoms with Crippen molar-refractivity contribution in [2.75, 3.05) is 13.7 Å². The van der Waals surface area contributed by atoms with Crippen molar-refractivity contribution in [2.45, 2.75) is 42.4 Å². The van der Waals surface area contributed by atoms with E-state index in [2.05, 4.69) is 0 Å². The van der Waals surface area contributed by atoms with E-state index in [1.807, 2.05) is 6.92 Å². The van der Waals surface area contributed by atoms with Crippen molar-refractivity contribution in [3.8, 4) is 11.5 Å². The second kappa shape index (κ2) is 9.41. The molecular formula is C20H24O6S. The lowest BCUT2D eigenvalue weighted by Crippen LogP contribution is -2.06. The Morgan fingerprint density at radius 3 is 2.33 bits per heavy atom. The number of methoxy groups -OCH3 is 1. The van der Waals surface area contributed by atoms with Gasteiger partial charge in [-0.2, -0.15) is 0 Å². The third-order valence-electron chi connectivity index (χ3n) is 4.01. The van der Waals surface area contributed by atoms with Crippen LogP contribution in [-0.4, -0.2) is 33.2 Å². The normalized spacial score (nSPS) is 11.2. The van der Waals surface area contributed by atoms with Gasteiger partial charge in [0.25, 0.3) is 0 Å². The molecule has 0 aliphatic heterocycles. The Balaban J connectivity index is 2.39. The number of aryl methyl sites for hydroxylation is 1. The van der Waals surface area contributed by atoms with Crippen LogP contribution in [0.1, 0.15) is 31.7 Å². The van der Waals surface area contributed by atoms with E-state index in [0.717, 1.165) is 12.8 Å². The number of carboxylic acid groups (broad SMARTS) is 1. The highest BCUT2D eigenvalue weighted by molar-refractivity contribution is 7.91. The molecular weight excluding hydrogens is 368 g/mol. The lowest BCUT2D eigenvalue weighted by atomic mass is 10.1. The molecule has 0 saturated carbocycles. The van der Waals surface area contributed by atoms with Gasteiger partial charge in [-0.3, -0.25) is 4.79 Å². The topological polar surface area (TPSA) is 89.9 Å². The van der Waals surface area contributed by atoms with Gasteiger partial charge in [-0.25, -0.2) is 8.42 Å². The van der Waals surface area contributed by atoms with E-state index >= 15 is 0 Å². The summed E-state index contributed by atoms with van der Waals surface area (Å²) in [5.41, 5.74) is 0.610. The summed E-state index contributed by atoms with van der Waals surface area (Å²) in [6.07, 6.45) is 1.95. The van der Waals surface area contributed by atoms with Crippen LogP contribution in [0, 0.1) is 0 Å². The van der Waals surface area contributed by atoms with Gasteiger partial charge in [0.05, 0.1) is 23.5 Å². The average Bonchev–Trinajstić information content (AvgIpc) is 2.66. The zero-order valence-corrected chi connectivity index (χ0v) is 16.3. The first kappa shape index (κ1) is 20.8. The van der Waals surface area contributed by atoms with E-state index in [9.17, 15) is 13.2 Å². The third kappa shape index (κ3) is 5.72. The van der Waals surface area contributed by atoms with E-state index in [4.69, 9.17) is 14.6 Å². The van der Waals surface area contributed by atoms with Gasteiger partial charge in [0.2, 0.25) is 9.84 Å². The molecule has 146 valence electrons. The van der Waals surface area contributed by atoms with Gasteiger partial charge in [-0.05, 0) is 60.9 Å². The Bertz CT molecular complexity index is 872. The molecule has 0 aliphatic carbocycles.